The Morgan fingerprint density at radius 1 is 1.26 bits per heavy atom. The van der Waals surface area contributed by atoms with Crippen molar-refractivity contribution in [2.24, 2.45) is 23.7 Å². The number of allylic oxidation sites excluding steroid dienone is 3. The maximum absolute atomic E-state index is 6.03. The van der Waals surface area contributed by atoms with Gasteiger partial charge in [-0.05, 0) is 38.4 Å². The van der Waals surface area contributed by atoms with Gasteiger partial charge in [0.15, 0.2) is 0 Å². The highest BCUT2D eigenvalue weighted by molar-refractivity contribution is 14.1. The van der Waals surface area contributed by atoms with E-state index < -0.39 is 8.03 Å². The van der Waals surface area contributed by atoms with Crippen LogP contribution in [0.5, 0.6) is 0 Å². The van der Waals surface area contributed by atoms with E-state index in [9.17, 15) is 0 Å². The van der Waals surface area contributed by atoms with Gasteiger partial charge >= 0.3 is 0 Å². The molecule has 0 aliphatic carbocycles. The number of halogens is 1. The minimum atomic E-state index is -0.803. The average Bonchev–Trinajstić information content (AvgIpc) is 2.39. The van der Waals surface area contributed by atoms with Crippen LogP contribution in [0.25, 0.3) is 0 Å². The molecule has 0 saturated heterocycles. The lowest BCUT2D eigenvalue weighted by molar-refractivity contribution is 0.0776. The molecule has 0 spiro atoms. The predicted octanol–water partition coefficient (Wildman–Crippen LogP) is 5.20. The first kappa shape index (κ1) is 19.7. The molecule has 2 radical (unpaired) electrons. The van der Waals surface area contributed by atoms with Crippen LogP contribution in [0, 0.1) is 23.7 Å². The molecule has 19 heavy (non-hydrogen) atoms. The maximum atomic E-state index is 6.03. The summed E-state index contributed by atoms with van der Waals surface area (Å²) >= 11 is 2.43. The third kappa shape index (κ3) is 7.29. The van der Waals surface area contributed by atoms with Gasteiger partial charge in [0.25, 0.3) is 0 Å². The lowest BCUT2D eigenvalue weighted by Crippen LogP contribution is -2.34. The van der Waals surface area contributed by atoms with Gasteiger partial charge in [0.05, 0.1) is 6.10 Å². The molecule has 1 nitrogen and oxygen atoms in total. The number of alkyl halides is 1. The van der Waals surface area contributed by atoms with Gasteiger partial charge in [0.1, 0.15) is 7.57 Å². The number of hydrogen-bond donors (Lipinski definition) is 0. The zero-order chi connectivity index (χ0) is 15.0. The van der Waals surface area contributed by atoms with Crippen LogP contribution >= 0.6 is 30.6 Å². The molecule has 6 atom stereocenters. The third-order valence-corrected chi connectivity index (χ3v) is 5.79. The van der Waals surface area contributed by atoms with E-state index in [0.717, 1.165) is 4.43 Å². The van der Waals surface area contributed by atoms with Crippen LogP contribution in [0.2, 0.25) is 0 Å². The van der Waals surface area contributed by atoms with Crippen molar-refractivity contribution in [2.75, 3.05) is 11.1 Å². The smallest absolute Gasteiger partial charge is 0.148 e. The van der Waals surface area contributed by atoms with Crippen molar-refractivity contribution < 1.29 is 4.52 Å². The number of rotatable bonds is 9. The van der Waals surface area contributed by atoms with Crippen LogP contribution in [0.3, 0.4) is 0 Å². The summed E-state index contributed by atoms with van der Waals surface area (Å²) in [4.78, 5) is 0. The minimum Gasteiger partial charge on any atom is -0.367 e. The van der Waals surface area contributed by atoms with Crippen molar-refractivity contribution in [3.05, 3.63) is 24.8 Å². The molecule has 0 N–H and O–H groups in total. The van der Waals surface area contributed by atoms with Crippen molar-refractivity contribution in [2.45, 2.75) is 33.8 Å². The molecule has 0 fully saturated rings. The van der Waals surface area contributed by atoms with Crippen LogP contribution in [0.15, 0.2) is 24.8 Å². The standard InChI is InChI=1S/C15H27BIOP/c1-7-8-9-11(2)13(4)14(5)15(12(3)10-17)18-19(6)16/h7-9,11-15H,1,10H2,2-6H3/b9-8-/t11-,12?,13?,14?,15?,19?/m0/s1. The van der Waals surface area contributed by atoms with Gasteiger partial charge in [-0.2, -0.15) is 0 Å². The fraction of sp³-hybridized carbons (Fsp3) is 0.733. The van der Waals surface area contributed by atoms with Gasteiger partial charge in [-0.3, -0.25) is 0 Å². The summed E-state index contributed by atoms with van der Waals surface area (Å²) in [7, 11) is 5.09. The third-order valence-electron chi connectivity index (χ3n) is 3.82. The summed E-state index contributed by atoms with van der Waals surface area (Å²) < 4.78 is 7.13. The SMILES string of the molecule is [B]P(C)OC(C(C)CI)C(C)C(C)[C@@H](C)/C=C\C=C. The van der Waals surface area contributed by atoms with Gasteiger partial charge in [-0.25, -0.2) is 0 Å². The van der Waals surface area contributed by atoms with Gasteiger partial charge in [-0.1, -0.05) is 75.1 Å². The minimum absolute atomic E-state index is 0.243. The monoisotopic (exact) mass is 392 g/mol. The first-order chi connectivity index (χ1) is 8.84. The van der Waals surface area contributed by atoms with E-state index in [1.165, 1.54) is 0 Å². The largest absolute Gasteiger partial charge is 0.367 e. The normalized spacial score (nSPS) is 21.6. The highest BCUT2D eigenvalue weighted by Gasteiger charge is 2.30. The molecule has 0 saturated carbocycles. The van der Waals surface area contributed by atoms with Crippen molar-refractivity contribution >= 4 is 38.2 Å². The zero-order valence-corrected chi connectivity index (χ0v) is 15.9. The second kappa shape index (κ2) is 10.4. The Morgan fingerprint density at radius 3 is 2.26 bits per heavy atom. The van der Waals surface area contributed by atoms with Gasteiger partial charge in [0, 0.05) is 4.43 Å². The Kier molecular flexibility index (Phi) is 10.8. The molecule has 0 aromatic heterocycles. The van der Waals surface area contributed by atoms with Crippen molar-refractivity contribution in [3.8, 4) is 0 Å². The van der Waals surface area contributed by atoms with Crippen LogP contribution < -0.4 is 0 Å². The quantitative estimate of drug-likeness (QED) is 0.172. The molecule has 108 valence electrons. The summed E-state index contributed by atoms with van der Waals surface area (Å²) in [6.07, 6.45) is 6.33. The molecule has 0 aromatic carbocycles. The van der Waals surface area contributed by atoms with E-state index in [4.69, 9.17) is 12.1 Å². The highest BCUT2D eigenvalue weighted by Crippen LogP contribution is 2.37. The van der Waals surface area contributed by atoms with Crippen LogP contribution in [-0.4, -0.2) is 24.8 Å². The van der Waals surface area contributed by atoms with E-state index in [0.29, 0.717) is 23.7 Å². The Hall–Kier alpha value is 0.665. The first-order valence-corrected chi connectivity index (χ1v) is 10.2. The summed E-state index contributed by atoms with van der Waals surface area (Å²) in [6, 6.07) is 0. The second-order valence-electron chi connectivity index (χ2n) is 5.45. The maximum Gasteiger partial charge on any atom is 0.148 e. The molecule has 0 aliphatic heterocycles. The van der Waals surface area contributed by atoms with E-state index in [1.54, 1.807) is 0 Å². The van der Waals surface area contributed by atoms with Gasteiger partial charge < -0.3 is 4.52 Å². The van der Waals surface area contributed by atoms with E-state index >= 15 is 0 Å². The summed E-state index contributed by atoms with van der Waals surface area (Å²) in [6.45, 7) is 14.8. The zero-order valence-electron chi connectivity index (χ0n) is 12.8. The Labute approximate surface area is 136 Å². The molecule has 0 bridgehead atoms. The van der Waals surface area contributed by atoms with Crippen LogP contribution in [-0.2, 0) is 4.52 Å². The van der Waals surface area contributed by atoms with E-state index in [2.05, 4.69) is 62.9 Å². The van der Waals surface area contributed by atoms with Crippen LogP contribution in [0.1, 0.15) is 27.7 Å². The molecular formula is C15H27BIOP. The Bertz CT molecular complexity index is 283. The molecule has 0 amide bonds. The van der Waals surface area contributed by atoms with Gasteiger partial charge in [-0.15, -0.1) is 0 Å². The first-order valence-electron chi connectivity index (χ1n) is 6.85. The Balaban J connectivity index is 4.81. The van der Waals surface area contributed by atoms with Crippen molar-refractivity contribution in [1.29, 1.82) is 0 Å². The topological polar surface area (TPSA) is 9.23 Å². The molecule has 0 heterocycles. The molecule has 0 rings (SSSR count). The predicted molar refractivity (Wildman–Crippen MR) is 98.4 cm³/mol. The summed E-state index contributed by atoms with van der Waals surface area (Å²) in [5.74, 6) is 2.09. The fourth-order valence-electron chi connectivity index (χ4n) is 2.20. The van der Waals surface area contributed by atoms with Crippen molar-refractivity contribution in [3.63, 3.8) is 0 Å². The molecular weight excluding hydrogens is 365 g/mol. The molecule has 4 heteroatoms. The average molecular weight is 392 g/mol. The van der Waals surface area contributed by atoms with Crippen molar-refractivity contribution in [1.82, 2.24) is 0 Å². The summed E-state index contributed by atoms with van der Waals surface area (Å²) in [5, 5.41) is 0. The molecule has 0 aliphatic rings. The highest BCUT2D eigenvalue weighted by atomic mass is 127. The number of hydrogen-bond acceptors (Lipinski definition) is 1. The van der Waals surface area contributed by atoms with Gasteiger partial charge in [0.2, 0.25) is 0 Å². The lowest BCUT2D eigenvalue weighted by atomic mass is 9.79. The Morgan fingerprint density at radius 2 is 1.84 bits per heavy atom. The lowest BCUT2D eigenvalue weighted by Gasteiger charge is -2.36. The van der Waals surface area contributed by atoms with Crippen LogP contribution in [0.4, 0.5) is 0 Å². The van der Waals surface area contributed by atoms with E-state index in [-0.39, 0.29) is 6.10 Å². The molecule has 0 aromatic rings. The second-order valence-corrected chi connectivity index (χ2v) is 7.63. The van der Waals surface area contributed by atoms with E-state index in [1.807, 2.05) is 18.8 Å². The summed E-state index contributed by atoms with van der Waals surface area (Å²) in [5.41, 5.74) is 0. The fourth-order valence-corrected chi connectivity index (χ4v) is 3.49. The molecule has 5 unspecified atom stereocenters.